The van der Waals surface area contributed by atoms with Gasteiger partial charge in [0.2, 0.25) is 6.10 Å². The van der Waals surface area contributed by atoms with Gasteiger partial charge in [-0.15, -0.1) is 11.3 Å². The summed E-state index contributed by atoms with van der Waals surface area (Å²) in [4.78, 5) is 48.2. The molecule has 0 saturated carbocycles. The Morgan fingerprint density at radius 1 is 1.06 bits per heavy atom. The van der Waals surface area contributed by atoms with Crippen molar-refractivity contribution in [2.24, 2.45) is 0 Å². The molecule has 0 aliphatic heterocycles. The van der Waals surface area contributed by atoms with Crippen LogP contribution in [0.15, 0.2) is 66.0 Å². The Hall–Kier alpha value is -3.56. The SMILES string of the molecule is O=C(CCC(=O)c1cccs1)O[C@@H](C(=O)Nc1ccc([N+](=O)[O-])cc1Cl)c1ccccc1. The van der Waals surface area contributed by atoms with Gasteiger partial charge in [0.1, 0.15) is 0 Å². The highest BCUT2D eigenvalue weighted by Gasteiger charge is 2.26. The van der Waals surface area contributed by atoms with E-state index in [4.69, 9.17) is 16.3 Å². The summed E-state index contributed by atoms with van der Waals surface area (Å²) >= 11 is 7.33. The molecule has 32 heavy (non-hydrogen) atoms. The number of carbonyl (C=O) groups excluding carboxylic acids is 3. The van der Waals surface area contributed by atoms with E-state index in [0.29, 0.717) is 10.4 Å². The summed E-state index contributed by atoms with van der Waals surface area (Å²) in [6.07, 6.45) is -1.53. The molecule has 0 fully saturated rings. The zero-order valence-electron chi connectivity index (χ0n) is 16.5. The highest BCUT2D eigenvalue weighted by Crippen LogP contribution is 2.28. The summed E-state index contributed by atoms with van der Waals surface area (Å²) in [6, 6.07) is 15.4. The number of rotatable bonds is 9. The summed E-state index contributed by atoms with van der Waals surface area (Å²) in [6.45, 7) is 0. The molecule has 0 aliphatic carbocycles. The molecule has 0 radical (unpaired) electrons. The number of hydrogen-bond donors (Lipinski definition) is 1. The largest absolute Gasteiger partial charge is 0.447 e. The van der Waals surface area contributed by atoms with E-state index >= 15 is 0 Å². The number of carbonyl (C=O) groups is 3. The molecule has 0 bridgehead atoms. The van der Waals surface area contributed by atoms with Crippen LogP contribution in [-0.4, -0.2) is 22.6 Å². The third kappa shape index (κ3) is 5.99. The zero-order valence-corrected chi connectivity index (χ0v) is 18.1. The van der Waals surface area contributed by atoms with Gasteiger partial charge in [-0.2, -0.15) is 0 Å². The van der Waals surface area contributed by atoms with Crippen molar-refractivity contribution in [2.75, 3.05) is 5.32 Å². The summed E-state index contributed by atoms with van der Waals surface area (Å²) in [5, 5.41) is 15.1. The normalized spacial score (nSPS) is 11.4. The van der Waals surface area contributed by atoms with Crippen molar-refractivity contribution in [3.8, 4) is 0 Å². The third-order valence-electron chi connectivity index (χ3n) is 4.36. The second-order valence-corrected chi connectivity index (χ2v) is 7.95. The van der Waals surface area contributed by atoms with E-state index in [1.165, 1.54) is 23.5 Å². The molecule has 1 atom stereocenters. The lowest BCUT2D eigenvalue weighted by Crippen LogP contribution is -2.26. The second-order valence-electron chi connectivity index (χ2n) is 6.59. The van der Waals surface area contributed by atoms with E-state index in [9.17, 15) is 24.5 Å². The molecule has 8 nitrogen and oxygen atoms in total. The molecule has 0 aliphatic rings. The van der Waals surface area contributed by atoms with Gasteiger partial charge >= 0.3 is 5.97 Å². The maximum Gasteiger partial charge on any atom is 0.307 e. The van der Waals surface area contributed by atoms with Crippen LogP contribution in [-0.2, 0) is 14.3 Å². The minimum absolute atomic E-state index is 0.0350. The standard InChI is InChI=1S/C22H17ClN2O6S/c23-16-13-15(25(29)30)8-9-17(16)24-22(28)21(14-5-2-1-3-6-14)31-20(27)11-10-18(26)19-7-4-12-32-19/h1-9,12-13,21H,10-11H2,(H,24,28)/t21-/m1/s1. The molecular formula is C22H17ClN2O6S. The summed E-state index contributed by atoms with van der Waals surface area (Å²) < 4.78 is 5.39. The molecule has 10 heteroatoms. The number of thiophene rings is 1. The molecule has 1 heterocycles. The van der Waals surface area contributed by atoms with Crippen molar-refractivity contribution in [3.05, 3.63) is 91.6 Å². The predicted octanol–water partition coefficient (Wildman–Crippen LogP) is 5.20. The topological polar surface area (TPSA) is 116 Å². The van der Waals surface area contributed by atoms with E-state index < -0.39 is 22.9 Å². The van der Waals surface area contributed by atoms with Crippen molar-refractivity contribution >= 4 is 52.0 Å². The van der Waals surface area contributed by atoms with Gasteiger partial charge in [-0.25, -0.2) is 0 Å². The number of hydrogen-bond acceptors (Lipinski definition) is 7. The van der Waals surface area contributed by atoms with Gasteiger partial charge in [0.05, 0.1) is 26.9 Å². The Morgan fingerprint density at radius 3 is 2.44 bits per heavy atom. The van der Waals surface area contributed by atoms with Crippen molar-refractivity contribution in [2.45, 2.75) is 18.9 Å². The third-order valence-corrected chi connectivity index (χ3v) is 5.59. The van der Waals surface area contributed by atoms with Crippen molar-refractivity contribution in [1.82, 2.24) is 0 Å². The number of esters is 1. The van der Waals surface area contributed by atoms with Crippen LogP contribution in [0.1, 0.15) is 34.2 Å². The number of ketones is 1. The van der Waals surface area contributed by atoms with E-state index in [2.05, 4.69) is 5.32 Å². The first-order chi connectivity index (χ1) is 15.3. The van der Waals surface area contributed by atoms with E-state index in [1.807, 2.05) is 0 Å². The van der Waals surface area contributed by atoms with Gasteiger partial charge in [0, 0.05) is 24.1 Å². The number of nitrogens with zero attached hydrogens (tertiary/aromatic N) is 1. The number of anilines is 1. The quantitative estimate of drug-likeness (QED) is 0.198. The summed E-state index contributed by atoms with van der Waals surface area (Å²) in [5.74, 6) is -1.59. The fourth-order valence-electron chi connectivity index (χ4n) is 2.78. The average molecular weight is 473 g/mol. The van der Waals surface area contributed by atoms with Crippen LogP contribution >= 0.6 is 22.9 Å². The Balaban J connectivity index is 1.71. The molecule has 164 valence electrons. The van der Waals surface area contributed by atoms with Gasteiger partial charge in [0.15, 0.2) is 5.78 Å². The summed E-state index contributed by atoms with van der Waals surface area (Å²) in [7, 11) is 0. The minimum Gasteiger partial charge on any atom is -0.447 e. The Labute approximate surface area is 191 Å². The first kappa shape index (κ1) is 23.1. The zero-order chi connectivity index (χ0) is 23.1. The number of halogens is 1. The van der Waals surface area contributed by atoms with Crippen LogP contribution < -0.4 is 5.32 Å². The fourth-order valence-corrected chi connectivity index (χ4v) is 3.70. The lowest BCUT2D eigenvalue weighted by atomic mass is 10.1. The van der Waals surface area contributed by atoms with Gasteiger partial charge in [-0.05, 0) is 17.5 Å². The van der Waals surface area contributed by atoms with Gasteiger partial charge in [-0.1, -0.05) is 48.0 Å². The highest BCUT2D eigenvalue weighted by atomic mass is 35.5. The van der Waals surface area contributed by atoms with E-state index in [-0.39, 0.29) is 35.0 Å². The van der Waals surface area contributed by atoms with E-state index in [1.54, 1.807) is 47.8 Å². The predicted molar refractivity (Wildman–Crippen MR) is 120 cm³/mol. The smallest absolute Gasteiger partial charge is 0.307 e. The van der Waals surface area contributed by atoms with Gasteiger partial charge in [0.25, 0.3) is 11.6 Å². The molecule has 0 unspecified atom stereocenters. The molecule has 1 N–H and O–H groups in total. The summed E-state index contributed by atoms with van der Waals surface area (Å²) in [5.41, 5.74) is 0.322. The molecule has 1 amide bonds. The first-order valence-electron chi connectivity index (χ1n) is 9.41. The number of benzene rings is 2. The molecule has 0 saturated heterocycles. The second kappa shape index (κ2) is 10.7. The maximum absolute atomic E-state index is 12.9. The van der Waals surface area contributed by atoms with Crippen molar-refractivity contribution < 1.29 is 24.0 Å². The highest BCUT2D eigenvalue weighted by molar-refractivity contribution is 7.12. The number of nitrogens with one attached hydrogen (secondary N) is 1. The van der Waals surface area contributed by atoms with Crippen LogP contribution in [0.3, 0.4) is 0 Å². The number of ether oxygens (including phenoxy) is 1. The minimum atomic E-state index is -1.30. The average Bonchev–Trinajstić information content (AvgIpc) is 3.32. The monoisotopic (exact) mass is 472 g/mol. The van der Waals surface area contributed by atoms with Crippen LogP contribution in [0.4, 0.5) is 11.4 Å². The Morgan fingerprint density at radius 2 is 1.81 bits per heavy atom. The Kier molecular flexibility index (Phi) is 7.69. The van der Waals surface area contributed by atoms with E-state index in [0.717, 1.165) is 6.07 Å². The molecule has 3 rings (SSSR count). The van der Waals surface area contributed by atoms with Crippen LogP contribution in [0.2, 0.25) is 5.02 Å². The lowest BCUT2D eigenvalue weighted by Gasteiger charge is -2.18. The first-order valence-corrected chi connectivity index (χ1v) is 10.7. The number of Topliss-reactive ketones (excluding diaryl/α,β-unsaturated/α-hetero) is 1. The fraction of sp³-hybridized carbons (Fsp3) is 0.136. The molecule has 0 spiro atoms. The molecule has 3 aromatic rings. The number of non-ortho nitro benzene ring substituents is 1. The molecular weight excluding hydrogens is 456 g/mol. The van der Waals surface area contributed by atoms with Crippen LogP contribution in [0.25, 0.3) is 0 Å². The molecule has 2 aromatic carbocycles. The van der Waals surface area contributed by atoms with Crippen LogP contribution in [0, 0.1) is 10.1 Å². The van der Waals surface area contributed by atoms with Crippen molar-refractivity contribution in [3.63, 3.8) is 0 Å². The number of amides is 1. The lowest BCUT2D eigenvalue weighted by molar-refractivity contribution is -0.384. The number of nitro groups is 1. The van der Waals surface area contributed by atoms with Crippen LogP contribution in [0.5, 0.6) is 0 Å². The maximum atomic E-state index is 12.9. The van der Waals surface area contributed by atoms with Gasteiger partial charge < -0.3 is 10.1 Å². The Bertz CT molecular complexity index is 1130. The van der Waals surface area contributed by atoms with Gasteiger partial charge in [-0.3, -0.25) is 24.5 Å². The molecule has 1 aromatic heterocycles. The number of nitro benzene ring substituents is 1. The van der Waals surface area contributed by atoms with Crippen molar-refractivity contribution in [1.29, 1.82) is 0 Å².